The molecular formula is C13H20. The van der Waals surface area contributed by atoms with E-state index in [-0.39, 0.29) is 0 Å². The molecule has 5 saturated carbocycles. The molecule has 0 nitrogen and oxygen atoms in total. The molecule has 0 aliphatic heterocycles. The molecule has 5 fully saturated rings. The molecule has 0 radical (unpaired) electrons. The minimum absolute atomic E-state index is 0.894. The third-order valence-electron chi connectivity index (χ3n) is 6.26. The van der Waals surface area contributed by atoms with Gasteiger partial charge in [-0.1, -0.05) is 0 Å². The Bertz CT molecular complexity index is 233. The summed E-state index contributed by atoms with van der Waals surface area (Å²) in [5.41, 5.74) is 1.80. The Balaban J connectivity index is 1.72. The van der Waals surface area contributed by atoms with Gasteiger partial charge in [0, 0.05) is 0 Å². The van der Waals surface area contributed by atoms with Gasteiger partial charge in [-0.05, 0) is 80.5 Å². The highest BCUT2D eigenvalue weighted by Crippen LogP contribution is 2.75. The number of hydrogen-bond donors (Lipinski definition) is 0. The quantitative estimate of drug-likeness (QED) is 0.570. The number of rotatable bonds is 1. The van der Waals surface area contributed by atoms with Gasteiger partial charge in [0.1, 0.15) is 0 Å². The van der Waals surface area contributed by atoms with E-state index in [1.807, 2.05) is 0 Å². The molecular weight excluding hydrogens is 156 g/mol. The monoisotopic (exact) mass is 176 g/mol. The summed E-state index contributed by atoms with van der Waals surface area (Å²) in [7, 11) is 0. The van der Waals surface area contributed by atoms with E-state index in [4.69, 9.17) is 0 Å². The van der Waals surface area contributed by atoms with Gasteiger partial charge in [0.2, 0.25) is 0 Å². The van der Waals surface area contributed by atoms with E-state index in [0.29, 0.717) is 0 Å². The highest BCUT2D eigenvalue weighted by atomic mass is 14.7. The van der Waals surface area contributed by atoms with Crippen LogP contribution in [0, 0.1) is 22.7 Å². The largest absolute Gasteiger partial charge is 0.0499 e. The van der Waals surface area contributed by atoms with Crippen LogP contribution in [0.2, 0.25) is 0 Å². The maximum absolute atomic E-state index is 1.64. The van der Waals surface area contributed by atoms with Crippen molar-refractivity contribution >= 4 is 0 Å². The lowest BCUT2D eigenvalue weighted by Crippen LogP contribution is -2.43. The number of hydrogen-bond acceptors (Lipinski definition) is 0. The molecule has 5 aliphatic carbocycles. The van der Waals surface area contributed by atoms with Gasteiger partial charge in [0.25, 0.3) is 0 Å². The van der Waals surface area contributed by atoms with Gasteiger partial charge in [-0.25, -0.2) is 0 Å². The first-order valence-corrected chi connectivity index (χ1v) is 6.32. The zero-order chi connectivity index (χ0) is 8.52. The third kappa shape index (κ3) is 0.680. The van der Waals surface area contributed by atoms with Gasteiger partial charge in [0.05, 0.1) is 0 Å². The molecule has 0 aromatic heterocycles. The van der Waals surface area contributed by atoms with Gasteiger partial charge < -0.3 is 0 Å². The summed E-state index contributed by atoms with van der Waals surface area (Å²) in [5, 5.41) is 0. The van der Waals surface area contributed by atoms with Crippen LogP contribution in [0.1, 0.15) is 57.8 Å². The second kappa shape index (κ2) is 1.99. The fourth-order valence-corrected chi connectivity index (χ4v) is 5.57. The molecule has 72 valence electrons. The predicted octanol–water partition coefficient (Wildman–Crippen LogP) is 3.76. The van der Waals surface area contributed by atoms with Crippen molar-refractivity contribution in [2.75, 3.05) is 0 Å². The first-order chi connectivity index (χ1) is 6.32. The standard InChI is InChI=1S/C13H20/c1-4-12(5-2-10(1)7-12)13-6-3-11(8-13)9-13/h10-11H,1-9H2. The summed E-state index contributed by atoms with van der Waals surface area (Å²) in [5.74, 6) is 2.34. The summed E-state index contributed by atoms with van der Waals surface area (Å²) in [4.78, 5) is 0. The van der Waals surface area contributed by atoms with Crippen LogP contribution >= 0.6 is 0 Å². The fraction of sp³-hybridized carbons (Fsp3) is 1.00. The summed E-state index contributed by atoms with van der Waals surface area (Å²) >= 11 is 0. The van der Waals surface area contributed by atoms with E-state index in [2.05, 4.69) is 0 Å². The molecule has 0 heterocycles. The third-order valence-corrected chi connectivity index (χ3v) is 6.26. The van der Waals surface area contributed by atoms with E-state index in [0.717, 1.165) is 16.7 Å². The lowest BCUT2D eigenvalue weighted by Gasteiger charge is -2.52. The molecule has 0 spiro atoms. The molecule has 4 bridgehead atoms. The van der Waals surface area contributed by atoms with Crippen molar-refractivity contribution in [3.05, 3.63) is 0 Å². The second-order valence-electron chi connectivity index (χ2n) is 6.52. The molecule has 0 saturated heterocycles. The van der Waals surface area contributed by atoms with Crippen LogP contribution < -0.4 is 0 Å². The van der Waals surface area contributed by atoms with Crippen molar-refractivity contribution < 1.29 is 0 Å². The topological polar surface area (TPSA) is 0 Å². The summed E-state index contributed by atoms with van der Waals surface area (Å²) in [6.45, 7) is 0. The normalized spacial score (nSPS) is 62.8. The molecule has 5 aliphatic rings. The minimum Gasteiger partial charge on any atom is -0.0499 e. The molecule has 0 heteroatoms. The van der Waals surface area contributed by atoms with E-state index in [1.165, 1.54) is 5.92 Å². The predicted molar refractivity (Wildman–Crippen MR) is 53.4 cm³/mol. The average Bonchev–Trinajstić information content (AvgIpc) is 2.82. The molecule has 0 amide bonds. The molecule has 13 heavy (non-hydrogen) atoms. The van der Waals surface area contributed by atoms with Crippen molar-refractivity contribution in [2.24, 2.45) is 22.7 Å². The van der Waals surface area contributed by atoms with Gasteiger partial charge in [-0.3, -0.25) is 0 Å². The van der Waals surface area contributed by atoms with Crippen molar-refractivity contribution in [1.29, 1.82) is 0 Å². The van der Waals surface area contributed by atoms with Gasteiger partial charge >= 0.3 is 0 Å². The van der Waals surface area contributed by atoms with E-state index < -0.39 is 0 Å². The molecule has 5 rings (SSSR count). The Labute approximate surface area is 81.1 Å². The Kier molecular flexibility index (Phi) is 1.12. The Morgan fingerprint density at radius 1 is 0.615 bits per heavy atom. The van der Waals surface area contributed by atoms with Gasteiger partial charge in [-0.15, -0.1) is 0 Å². The van der Waals surface area contributed by atoms with E-state index >= 15 is 0 Å². The Morgan fingerprint density at radius 3 is 1.62 bits per heavy atom. The molecule has 0 unspecified atom stereocenters. The van der Waals surface area contributed by atoms with Crippen LogP contribution in [0.5, 0.6) is 0 Å². The zero-order valence-electron chi connectivity index (χ0n) is 8.52. The second-order valence-corrected chi connectivity index (χ2v) is 6.52. The highest BCUT2D eigenvalue weighted by molar-refractivity contribution is 5.14. The Hall–Kier alpha value is 0. The van der Waals surface area contributed by atoms with Gasteiger partial charge in [0.15, 0.2) is 0 Å². The smallest absolute Gasteiger partial charge is 0.0235 e. The van der Waals surface area contributed by atoms with Crippen molar-refractivity contribution in [2.45, 2.75) is 57.8 Å². The van der Waals surface area contributed by atoms with Crippen LogP contribution in [0.25, 0.3) is 0 Å². The maximum Gasteiger partial charge on any atom is -0.0235 e. The van der Waals surface area contributed by atoms with Crippen molar-refractivity contribution in [1.82, 2.24) is 0 Å². The summed E-state index contributed by atoms with van der Waals surface area (Å²) in [6.07, 6.45) is 14.5. The first kappa shape index (κ1) is 7.31. The van der Waals surface area contributed by atoms with Crippen LogP contribution in [0.15, 0.2) is 0 Å². The SMILES string of the molecule is C1CC2(C34CCC(C3)C4)CCC1C2. The maximum atomic E-state index is 1.64. The van der Waals surface area contributed by atoms with Crippen LogP contribution in [-0.4, -0.2) is 0 Å². The lowest BCUT2D eigenvalue weighted by molar-refractivity contribution is -0.0229. The van der Waals surface area contributed by atoms with E-state index in [1.54, 1.807) is 57.8 Å². The summed E-state index contributed by atoms with van der Waals surface area (Å²) in [6, 6.07) is 0. The summed E-state index contributed by atoms with van der Waals surface area (Å²) < 4.78 is 0. The highest BCUT2D eigenvalue weighted by Gasteiger charge is 2.64. The van der Waals surface area contributed by atoms with Crippen molar-refractivity contribution in [3.63, 3.8) is 0 Å². The molecule has 0 atom stereocenters. The molecule has 0 aromatic rings. The molecule has 0 aromatic carbocycles. The minimum atomic E-state index is 0.894. The lowest BCUT2D eigenvalue weighted by atomic mass is 9.53. The van der Waals surface area contributed by atoms with Crippen LogP contribution in [0.3, 0.4) is 0 Å². The Morgan fingerprint density at radius 2 is 1.15 bits per heavy atom. The molecule has 0 N–H and O–H groups in total. The van der Waals surface area contributed by atoms with E-state index in [9.17, 15) is 0 Å². The average molecular weight is 176 g/mol. The van der Waals surface area contributed by atoms with Crippen LogP contribution in [-0.2, 0) is 0 Å². The fourth-order valence-electron chi connectivity index (χ4n) is 5.57. The van der Waals surface area contributed by atoms with Crippen LogP contribution in [0.4, 0.5) is 0 Å². The first-order valence-electron chi connectivity index (χ1n) is 6.32. The number of fused-ring (bicyclic) bond motifs is 3. The van der Waals surface area contributed by atoms with Gasteiger partial charge in [-0.2, -0.15) is 0 Å². The van der Waals surface area contributed by atoms with Crippen molar-refractivity contribution in [3.8, 4) is 0 Å². The zero-order valence-corrected chi connectivity index (χ0v) is 8.52.